The van der Waals surface area contributed by atoms with Gasteiger partial charge in [0.2, 0.25) is 0 Å². The molecule has 1 atom stereocenters. The van der Waals surface area contributed by atoms with E-state index in [0.29, 0.717) is 0 Å². The van der Waals surface area contributed by atoms with Crippen LogP contribution in [0, 0.1) is 17.0 Å². The van der Waals surface area contributed by atoms with Crippen LogP contribution in [0.1, 0.15) is 12.5 Å². The van der Waals surface area contributed by atoms with Crippen LogP contribution in [0.4, 0.5) is 11.4 Å². The molecule has 0 fully saturated rings. The normalized spacial score (nSPS) is 13.7. The summed E-state index contributed by atoms with van der Waals surface area (Å²) in [6, 6.07) is 4.51. The highest BCUT2D eigenvalue weighted by molar-refractivity contribution is 5.77. The van der Waals surface area contributed by atoms with Crippen LogP contribution in [0.25, 0.3) is 0 Å². The Morgan fingerprint density at radius 3 is 2.67 bits per heavy atom. The van der Waals surface area contributed by atoms with E-state index in [1.165, 1.54) is 12.1 Å². The summed E-state index contributed by atoms with van der Waals surface area (Å²) in [6.45, 7) is 2.50. The van der Waals surface area contributed by atoms with Crippen molar-refractivity contribution >= 4 is 17.3 Å². The van der Waals surface area contributed by atoms with Crippen LogP contribution in [-0.4, -0.2) is 33.3 Å². The topological polar surface area (TPSA) is 113 Å². The van der Waals surface area contributed by atoms with Crippen LogP contribution in [0.2, 0.25) is 0 Å². The summed E-state index contributed by atoms with van der Waals surface area (Å²) in [6.07, 6.45) is 0. The number of carboxylic acid groups (broad SMARTS) is 1. The van der Waals surface area contributed by atoms with E-state index in [4.69, 9.17) is 5.11 Å². The standard InChI is InChI=1S/C11H14N2O5/c1-7-3-4-8(9(5-7)13(17)18)12-6-11(2,16)10(14)15/h3-5,12,16H,6H2,1-2H3,(H,14,15). The first-order valence-corrected chi connectivity index (χ1v) is 5.19. The molecule has 0 aliphatic heterocycles. The predicted molar refractivity (Wildman–Crippen MR) is 64.6 cm³/mol. The number of carboxylic acids is 1. The number of nitro groups is 1. The van der Waals surface area contributed by atoms with Gasteiger partial charge in [0.05, 0.1) is 11.5 Å². The van der Waals surface area contributed by atoms with E-state index < -0.39 is 16.5 Å². The molecule has 3 N–H and O–H groups in total. The summed E-state index contributed by atoms with van der Waals surface area (Å²) >= 11 is 0. The van der Waals surface area contributed by atoms with Crippen molar-refractivity contribution in [2.45, 2.75) is 19.4 Å². The molecule has 1 aromatic rings. The predicted octanol–water partition coefficient (Wildman–Crippen LogP) is 1.15. The van der Waals surface area contributed by atoms with E-state index in [0.717, 1.165) is 12.5 Å². The van der Waals surface area contributed by atoms with Gasteiger partial charge in [0.25, 0.3) is 5.69 Å². The number of nitrogens with one attached hydrogen (secondary N) is 1. The Kier molecular flexibility index (Phi) is 3.87. The molecule has 7 heteroatoms. The van der Waals surface area contributed by atoms with Crippen molar-refractivity contribution in [3.05, 3.63) is 33.9 Å². The third kappa shape index (κ3) is 3.17. The maximum Gasteiger partial charge on any atom is 0.337 e. The van der Waals surface area contributed by atoms with Crippen LogP contribution in [0.3, 0.4) is 0 Å². The maximum absolute atomic E-state index is 10.8. The lowest BCUT2D eigenvalue weighted by atomic mass is 10.1. The van der Waals surface area contributed by atoms with Crippen molar-refractivity contribution < 1.29 is 19.9 Å². The van der Waals surface area contributed by atoms with Crippen molar-refractivity contribution in [3.8, 4) is 0 Å². The first kappa shape index (κ1) is 13.9. The Labute approximate surface area is 103 Å². The zero-order valence-corrected chi connectivity index (χ0v) is 10.0. The molecule has 1 aromatic carbocycles. The van der Waals surface area contributed by atoms with E-state index in [2.05, 4.69) is 5.32 Å². The average molecular weight is 254 g/mol. The molecule has 0 bridgehead atoms. The molecular weight excluding hydrogens is 240 g/mol. The highest BCUT2D eigenvalue weighted by atomic mass is 16.6. The molecule has 7 nitrogen and oxygen atoms in total. The van der Waals surface area contributed by atoms with Crippen molar-refractivity contribution in [2.75, 3.05) is 11.9 Å². The first-order valence-electron chi connectivity index (χ1n) is 5.19. The molecule has 0 amide bonds. The third-order valence-corrected chi connectivity index (χ3v) is 2.43. The average Bonchev–Trinajstić information content (AvgIpc) is 2.27. The lowest BCUT2D eigenvalue weighted by Gasteiger charge is -2.19. The van der Waals surface area contributed by atoms with Gasteiger partial charge in [-0.25, -0.2) is 4.79 Å². The second kappa shape index (κ2) is 5.01. The lowest BCUT2D eigenvalue weighted by Crippen LogP contribution is -2.41. The Bertz CT molecular complexity index is 484. The third-order valence-electron chi connectivity index (χ3n) is 2.43. The fourth-order valence-electron chi connectivity index (χ4n) is 1.29. The van der Waals surface area contributed by atoms with Crippen LogP contribution >= 0.6 is 0 Å². The molecule has 0 radical (unpaired) electrons. The highest BCUT2D eigenvalue weighted by Gasteiger charge is 2.30. The number of nitrogens with zero attached hydrogens (tertiary/aromatic N) is 1. The van der Waals surface area contributed by atoms with Crippen molar-refractivity contribution in [1.29, 1.82) is 0 Å². The molecule has 18 heavy (non-hydrogen) atoms. The molecule has 1 rings (SSSR count). The second-order valence-electron chi connectivity index (χ2n) is 4.21. The minimum atomic E-state index is -1.99. The summed E-state index contributed by atoms with van der Waals surface area (Å²) in [7, 11) is 0. The number of aliphatic hydroxyl groups is 1. The molecule has 0 spiro atoms. The Balaban J connectivity index is 2.92. The van der Waals surface area contributed by atoms with Gasteiger partial charge in [0.1, 0.15) is 5.69 Å². The fraction of sp³-hybridized carbons (Fsp3) is 0.364. The molecule has 1 unspecified atom stereocenters. The molecule has 0 aliphatic rings. The Morgan fingerprint density at radius 1 is 1.56 bits per heavy atom. The molecule has 0 aromatic heterocycles. The minimum absolute atomic E-state index is 0.156. The van der Waals surface area contributed by atoms with Gasteiger partial charge in [-0.1, -0.05) is 6.07 Å². The van der Waals surface area contributed by atoms with E-state index >= 15 is 0 Å². The van der Waals surface area contributed by atoms with Gasteiger partial charge in [-0.2, -0.15) is 0 Å². The highest BCUT2D eigenvalue weighted by Crippen LogP contribution is 2.25. The van der Waals surface area contributed by atoms with E-state index in [-0.39, 0.29) is 17.9 Å². The van der Waals surface area contributed by atoms with Gasteiger partial charge in [0, 0.05) is 6.07 Å². The molecule has 0 saturated carbocycles. The number of aliphatic carboxylic acids is 1. The van der Waals surface area contributed by atoms with Crippen LogP contribution in [0.15, 0.2) is 18.2 Å². The summed E-state index contributed by atoms with van der Waals surface area (Å²) in [5.74, 6) is -1.40. The molecule has 98 valence electrons. The van der Waals surface area contributed by atoms with E-state index in [1.807, 2.05) is 0 Å². The number of rotatable bonds is 5. The smallest absolute Gasteiger partial charge is 0.337 e. The number of aryl methyl sites for hydroxylation is 1. The SMILES string of the molecule is Cc1ccc(NCC(C)(O)C(=O)O)c([N+](=O)[O-])c1. The number of anilines is 1. The lowest BCUT2D eigenvalue weighted by molar-refractivity contribution is -0.384. The summed E-state index contributed by atoms with van der Waals surface area (Å²) in [5.41, 5.74) is -1.25. The summed E-state index contributed by atoms with van der Waals surface area (Å²) < 4.78 is 0. The van der Waals surface area contributed by atoms with E-state index in [1.54, 1.807) is 13.0 Å². The number of hydrogen-bond donors (Lipinski definition) is 3. The molecule has 0 aliphatic carbocycles. The van der Waals surface area contributed by atoms with Gasteiger partial charge >= 0.3 is 5.97 Å². The zero-order chi connectivity index (χ0) is 13.9. The maximum atomic E-state index is 10.8. The zero-order valence-electron chi connectivity index (χ0n) is 10.0. The number of hydrogen-bond acceptors (Lipinski definition) is 5. The van der Waals surface area contributed by atoms with Crippen molar-refractivity contribution in [2.24, 2.45) is 0 Å². The quantitative estimate of drug-likeness (QED) is 0.536. The monoisotopic (exact) mass is 254 g/mol. The van der Waals surface area contributed by atoms with E-state index in [9.17, 15) is 20.0 Å². The Hall–Kier alpha value is -2.15. The van der Waals surface area contributed by atoms with Crippen molar-refractivity contribution in [3.63, 3.8) is 0 Å². The minimum Gasteiger partial charge on any atom is -0.479 e. The summed E-state index contributed by atoms with van der Waals surface area (Å²) in [5, 5.41) is 31.6. The second-order valence-corrected chi connectivity index (χ2v) is 4.21. The largest absolute Gasteiger partial charge is 0.479 e. The number of nitro benzene ring substituents is 1. The first-order chi connectivity index (χ1) is 8.24. The van der Waals surface area contributed by atoms with Gasteiger partial charge < -0.3 is 15.5 Å². The van der Waals surface area contributed by atoms with Crippen molar-refractivity contribution in [1.82, 2.24) is 0 Å². The molecule has 0 heterocycles. The summed E-state index contributed by atoms with van der Waals surface area (Å²) in [4.78, 5) is 20.9. The van der Waals surface area contributed by atoms with Gasteiger partial charge in [-0.3, -0.25) is 10.1 Å². The van der Waals surface area contributed by atoms with Gasteiger partial charge in [0.15, 0.2) is 5.60 Å². The van der Waals surface area contributed by atoms with Gasteiger partial charge in [-0.15, -0.1) is 0 Å². The van der Waals surface area contributed by atoms with Crippen LogP contribution in [-0.2, 0) is 4.79 Å². The Morgan fingerprint density at radius 2 is 2.17 bits per heavy atom. The molecular formula is C11H14N2O5. The number of carbonyl (C=O) groups is 1. The molecule has 0 saturated heterocycles. The van der Waals surface area contributed by atoms with Crippen LogP contribution in [0.5, 0.6) is 0 Å². The number of benzene rings is 1. The van der Waals surface area contributed by atoms with Crippen LogP contribution < -0.4 is 5.32 Å². The van der Waals surface area contributed by atoms with Gasteiger partial charge in [-0.05, 0) is 25.5 Å². The fourth-order valence-corrected chi connectivity index (χ4v) is 1.29.